The minimum atomic E-state index is -0.909. The van der Waals surface area contributed by atoms with Gasteiger partial charge in [0, 0.05) is 6.54 Å². The summed E-state index contributed by atoms with van der Waals surface area (Å²) in [5.74, 6) is -0.909. The Kier molecular flexibility index (Phi) is 4.95. The first kappa shape index (κ1) is 12.7. The van der Waals surface area contributed by atoms with Gasteiger partial charge in [-0.15, -0.1) is 0 Å². The fourth-order valence-electron chi connectivity index (χ4n) is 1.31. The largest absolute Gasteiger partial charge is 0.478 e. The highest BCUT2D eigenvalue weighted by Crippen LogP contribution is 2.04. The highest BCUT2D eigenvalue weighted by atomic mass is 16.4. The molecule has 1 atom stereocenters. The highest BCUT2D eigenvalue weighted by molar-refractivity contribution is 5.87. The van der Waals surface area contributed by atoms with E-state index in [1.807, 2.05) is 0 Å². The van der Waals surface area contributed by atoms with E-state index in [9.17, 15) is 4.79 Å². The van der Waals surface area contributed by atoms with Crippen molar-refractivity contribution in [1.82, 2.24) is 5.32 Å². The van der Waals surface area contributed by atoms with Crippen LogP contribution in [-0.4, -0.2) is 28.8 Å². The van der Waals surface area contributed by atoms with E-state index in [1.54, 1.807) is 31.2 Å². The van der Waals surface area contributed by atoms with Crippen LogP contribution >= 0.6 is 0 Å². The summed E-state index contributed by atoms with van der Waals surface area (Å²) in [6.45, 7) is 3.19. The van der Waals surface area contributed by atoms with Crippen LogP contribution in [0.2, 0.25) is 0 Å². The maximum absolute atomic E-state index is 10.6. The summed E-state index contributed by atoms with van der Waals surface area (Å²) in [5, 5.41) is 20.9. The summed E-state index contributed by atoms with van der Waals surface area (Å²) < 4.78 is 0. The van der Waals surface area contributed by atoms with Crippen LogP contribution in [0.5, 0.6) is 0 Å². The van der Waals surface area contributed by atoms with Gasteiger partial charge < -0.3 is 15.5 Å². The molecule has 1 rings (SSSR count). The van der Waals surface area contributed by atoms with Gasteiger partial charge in [-0.05, 0) is 37.6 Å². The molecule has 0 aliphatic rings. The van der Waals surface area contributed by atoms with Crippen LogP contribution in [0, 0.1) is 0 Å². The molecule has 0 bridgehead atoms. The number of aliphatic hydroxyl groups excluding tert-OH is 1. The molecule has 0 saturated carbocycles. The first-order valence-corrected chi connectivity index (χ1v) is 5.30. The maximum Gasteiger partial charge on any atom is 0.335 e. The van der Waals surface area contributed by atoms with Crippen LogP contribution in [0.15, 0.2) is 24.3 Å². The number of hydrogen-bond donors (Lipinski definition) is 3. The van der Waals surface area contributed by atoms with Crippen molar-refractivity contribution in [1.29, 1.82) is 0 Å². The summed E-state index contributed by atoms with van der Waals surface area (Å²) in [7, 11) is 0. The molecule has 0 radical (unpaired) electrons. The molecule has 0 aliphatic heterocycles. The number of carboxylic acids is 1. The number of rotatable bonds is 6. The van der Waals surface area contributed by atoms with E-state index in [0.29, 0.717) is 18.5 Å². The van der Waals surface area contributed by atoms with Crippen molar-refractivity contribution in [3.63, 3.8) is 0 Å². The fraction of sp³-hybridized carbons (Fsp3) is 0.417. The third-order valence-electron chi connectivity index (χ3n) is 2.27. The molecule has 16 heavy (non-hydrogen) atoms. The van der Waals surface area contributed by atoms with Gasteiger partial charge in [-0.1, -0.05) is 12.1 Å². The van der Waals surface area contributed by atoms with E-state index < -0.39 is 5.97 Å². The molecule has 4 nitrogen and oxygen atoms in total. The van der Waals surface area contributed by atoms with Crippen molar-refractivity contribution in [3.05, 3.63) is 35.4 Å². The topological polar surface area (TPSA) is 69.6 Å². The van der Waals surface area contributed by atoms with Gasteiger partial charge in [0.25, 0.3) is 0 Å². The average molecular weight is 223 g/mol. The molecule has 1 unspecified atom stereocenters. The molecule has 0 spiro atoms. The van der Waals surface area contributed by atoms with Gasteiger partial charge in [-0.25, -0.2) is 4.79 Å². The molecular weight excluding hydrogens is 206 g/mol. The lowest BCUT2D eigenvalue weighted by molar-refractivity contribution is 0.0697. The molecule has 1 aromatic rings. The zero-order valence-electron chi connectivity index (χ0n) is 9.31. The zero-order valence-corrected chi connectivity index (χ0v) is 9.31. The van der Waals surface area contributed by atoms with Gasteiger partial charge in [0.2, 0.25) is 0 Å². The summed E-state index contributed by atoms with van der Waals surface area (Å²) in [4.78, 5) is 10.6. The van der Waals surface area contributed by atoms with E-state index >= 15 is 0 Å². The minimum Gasteiger partial charge on any atom is -0.478 e. The van der Waals surface area contributed by atoms with Crippen molar-refractivity contribution in [2.75, 3.05) is 6.54 Å². The molecule has 3 N–H and O–H groups in total. The molecule has 0 aliphatic carbocycles. The van der Waals surface area contributed by atoms with Gasteiger partial charge in [0.05, 0.1) is 11.7 Å². The van der Waals surface area contributed by atoms with Gasteiger partial charge in [0.15, 0.2) is 0 Å². The predicted molar refractivity (Wildman–Crippen MR) is 61.4 cm³/mol. The van der Waals surface area contributed by atoms with E-state index in [2.05, 4.69) is 5.32 Å². The Bertz CT molecular complexity index is 333. The molecule has 88 valence electrons. The van der Waals surface area contributed by atoms with Gasteiger partial charge in [-0.2, -0.15) is 0 Å². The molecule has 0 amide bonds. The summed E-state index contributed by atoms with van der Waals surface area (Å²) >= 11 is 0. The average Bonchev–Trinajstić information content (AvgIpc) is 2.25. The SMILES string of the molecule is CC(O)CCNCc1ccc(C(=O)O)cc1. The summed E-state index contributed by atoms with van der Waals surface area (Å²) in [6, 6.07) is 6.76. The quantitative estimate of drug-likeness (QED) is 0.635. The van der Waals surface area contributed by atoms with Crippen LogP contribution in [0.3, 0.4) is 0 Å². The van der Waals surface area contributed by atoms with Crippen LogP contribution in [0.4, 0.5) is 0 Å². The molecule has 0 saturated heterocycles. The Morgan fingerprint density at radius 2 is 2.00 bits per heavy atom. The lowest BCUT2D eigenvalue weighted by Crippen LogP contribution is -2.18. The third kappa shape index (κ3) is 4.42. The van der Waals surface area contributed by atoms with Crippen molar-refractivity contribution in [3.8, 4) is 0 Å². The van der Waals surface area contributed by atoms with E-state index in [0.717, 1.165) is 12.1 Å². The smallest absolute Gasteiger partial charge is 0.335 e. The Morgan fingerprint density at radius 3 is 2.50 bits per heavy atom. The second-order valence-electron chi connectivity index (χ2n) is 3.82. The lowest BCUT2D eigenvalue weighted by Gasteiger charge is -2.06. The zero-order chi connectivity index (χ0) is 12.0. The predicted octanol–water partition coefficient (Wildman–Crippen LogP) is 1.25. The van der Waals surface area contributed by atoms with Gasteiger partial charge >= 0.3 is 5.97 Å². The molecule has 0 aromatic heterocycles. The van der Waals surface area contributed by atoms with Gasteiger partial charge in [0.1, 0.15) is 0 Å². The minimum absolute atomic E-state index is 0.290. The first-order chi connectivity index (χ1) is 7.59. The van der Waals surface area contributed by atoms with Crippen LogP contribution < -0.4 is 5.32 Å². The van der Waals surface area contributed by atoms with E-state index in [-0.39, 0.29) is 6.10 Å². The van der Waals surface area contributed by atoms with E-state index in [1.165, 1.54) is 0 Å². The number of aromatic carboxylic acids is 1. The third-order valence-corrected chi connectivity index (χ3v) is 2.27. The number of aliphatic hydroxyl groups is 1. The second kappa shape index (κ2) is 6.25. The standard InChI is InChI=1S/C12H17NO3/c1-9(14)6-7-13-8-10-2-4-11(5-3-10)12(15)16/h2-5,9,13-14H,6-8H2,1H3,(H,15,16). The number of nitrogens with one attached hydrogen (secondary N) is 1. The fourth-order valence-corrected chi connectivity index (χ4v) is 1.31. The van der Waals surface area contributed by atoms with Crippen molar-refractivity contribution < 1.29 is 15.0 Å². The first-order valence-electron chi connectivity index (χ1n) is 5.30. The van der Waals surface area contributed by atoms with Crippen molar-refractivity contribution in [2.24, 2.45) is 0 Å². The van der Waals surface area contributed by atoms with Gasteiger partial charge in [-0.3, -0.25) is 0 Å². The van der Waals surface area contributed by atoms with Crippen LogP contribution in [0.25, 0.3) is 0 Å². The van der Waals surface area contributed by atoms with Crippen LogP contribution in [0.1, 0.15) is 29.3 Å². The molecule has 4 heteroatoms. The Labute approximate surface area is 94.9 Å². The molecule has 0 heterocycles. The van der Waals surface area contributed by atoms with Crippen LogP contribution in [-0.2, 0) is 6.54 Å². The molecule has 0 fully saturated rings. The summed E-state index contributed by atoms with van der Waals surface area (Å²) in [6.07, 6.45) is 0.426. The normalized spacial score (nSPS) is 12.4. The monoisotopic (exact) mass is 223 g/mol. The number of carboxylic acid groups (broad SMARTS) is 1. The summed E-state index contributed by atoms with van der Waals surface area (Å²) in [5.41, 5.74) is 1.34. The Balaban J connectivity index is 2.35. The number of benzene rings is 1. The lowest BCUT2D eigenvalue weighted by atomic mass is 10.1. The number of hydrogen-bond acceptors (Lipinski definition) is 3. The second-order valence-corrected chi connectivity index (χ2v) is 3.82. The molecule has 1 aromatic carbocycles. The Hall–Kier alpha value is -1.39. The molecular formula is C12H17NO3. The Morgan fingerprint density at radius 1 is 1.38 bits per heavy atom. The van der Waals surface area contributed by atoms with Crippen molar-refractivity contribution >= 4 is 5.97 Å². The maximum atomic E-state index is 10.6. The highest BCUT2D eigenvalue weighted by Gasteiger charge is 2.01. The number of carbonyl (C=O) groups is 1. The van der Waals surface area contributed by atoms with E-state index in [4.69, 9.17) is 10.2 Å². The van der Waals surface area contributed by atoms with Crippen molar-refractivity contribution in [2.45, 2.75) is 26.0 Å².